The van der Waals surface area contributed by atoms with Crippen molar-refractivity contribution in [1.29, 1.82) is 0 Å². The molecular weight excluding hydrogens is 602 g/mol. The summed E-state index contributed by atoms with van der Waals surface area (Å²) in [5.41, 5.74) is 3.77. The first-order valence-electron chi connectivity index (χ1n) is 11.5. The van der Waals surface area contributed by atoms with Crippen LogP contribution in [-0.4, -0.2) is 36.9 Å². The summed E-state index contributed by atoms with van der Waals surface area (Å²) in [6.45, 7) is 0.673. The Morgan fingerprint density at radius 1 is 0.424 bits per heavy atom. The van der Waals surface area contributed by atoms with Gasteiger partial charge in [0.1, 0.15) is 0 Å². The Bertz CT molecular complexity index is 833. The van der Waals surface area contributed by atoms with Crippen molar-refractivity contribution in [3.8, 4) is 0 Å². The minimum absolute atomic E-state index is 0.224. The van der Waals surface area contributed by atoms with Crippen molar-refractivity contribution in [2.45, 2.75) is 19.0 Å². The lowest BCUT2D eigenvalue weighted by molar-refractivity contribution is 1.17. The molecule has 1 aliphatic rings. The van der Waals surface area contributed by atoms with E-state index in [1.54, 1.807) is 0 Å². The molecule has 33 heavy (non-hydrogen) atoms. The van der Waals surface area contributed by atoms with Crippen LogP contribution in [-0.2, 0) is 0 Å². The van der Waals surface area contributed by atoms with Crippen molar-refractivity contribution < 1.29 is 0 Å². The van der Waals surface area contributed by atoms with E-state index in [0.717, 1.165) is 35.0 Å². The van der Waals surface area contributed by atoms with Crippen molar-refractivity contribution >= 4 is 85.8 Å². The second-order valence-corrected chi connectivity index (χ2v) is 10.5. The highest BCUT2D eigenvalue weighted by Crippen LogP contribution is 2.37. The molecule has 9 heteroatoms. The number of anilines is 3. The van der Waals surface area contributed by atoms with E-state index in [4.69, 9.17) is 0 Å². The maximum atomic E-state index is 3.78. The molecule has 1 aliphatic heterocycles. The van der Waals surface area contributed by atoms with Gasteiger partial charge in [-0.05, 0) is 55.4 Å². The zero-order valence-electron chi connectivity index (χ0n) is 18.6. The molecule has 1 fully saturated rings. The van der Waals surface area contributed by atoms with E-state index in [-0.39, 0.29) is 20.9 Å². The standard InChI is InChI=1S/C24H27B3Br3N3/c28-19-16-25-31(22-10-4-1-5-11-22)26(17-20-29)33(24-14-8-3-9-15-24)27(18-21-30)32(25)23-12-6-2-7-13-23/h1-15H,16-21H2. The minimum atomic E-state index is 0.224. The molecule has 0 saturated carbocycles. The third-order valence-electron chi connectivity index (χ3n) is 6.19. The predicted octanol–water partition coefficient (Wildman–Crippen LogP) is 7.17. The minimum Gasteiger partial charge on any atom is -0.425 e. The molecule has 1 heterocycles. The summed E-state index contributed by atoms with van der Waals surface area (Å²) >= 11 is 11.3. The van der Waals surface area contributed by atoms with E-state index in [1.807, 2.05) is 0 Å². The monoisotopic (exact) mass is 627 g/mol. The number of halogens is 3. The maximum Gasteiger partial charge on any atom is 0.353 e. The molecule has 0 aromatic heterocycles. The van der Waals surface area contributed by atoms with Gasteiger partial charge in [0.15, 0.2) is 0 Å². The van der Waals surface area contributed by atoms with Crippen LogP contribution in [0.15, 0.2) is 91.0 Å². The Kier molecular flexibility index (Phi) is 9.33. The highest BCUT2D eigenvalue weighted by Gasteiger charge is 2.52. The van der Waals surface area contributed by atoms with Crippen LogP contribution in [0.4, 0.5) is 17.1 Å². The second-order valence-electron chi connectivity index (χ2n) is 8.10. The average molecular weight is 630 g/mol. The SMILES string of the molecule is BrCCB1N(c2ccccc2)B(CCBr)N(c2ccccc2)B(CCBr)N1c1ccccc1. The van der Waals surface area contributed by atoms with Crippen LogP contribution in [0.3, 0.4) is 0 Å². The molecule has 0 aliphatic carbocycles. The van der Waals surface area contributed by atoms with Crippen molar-refractivity contribution in [1.82, 2.24) is 0 Å². The molecule has 3 aromatic carbocycles. The van der Waals surface area contributed by atoms with E-state index in [2.05, 4.69) is 153 Å². The molecule has 0 spiro atoms. The van der Waals surface area contributed by atoms with E-state index < -0.39 is 0 Å². The molecule has 4 rings (SSSR count). The van der Waals surface area contributed by atoms with Crippen LogP contribution in [0, 0.1) is 0 Å². The van der Waals surface area contributed by atoms with Gasteiger partial charge >= 0.3 is 20.9 Å². The second kappa shape index (κ2) is 12.4. The first kappa shape index (κ1) is 24.8. The van der Waals surface area contributed by atoms with Crippen LogP contribution in [0.25, 0.3) is 0 Å². The molecule has 0 radical (unpaired) electrons. The van der Waals surface area contributed by atoms with E-state index >= 15 is 0 Å². The molecule has 1 saturated heterocycles. The lowest BCUT2D eigenvalue weighted by Gasteiger charge is -2.57. The van der Waals surface area contributed by atoms with Gasteiger partial charge in [-0.1, -0.05) is 102 Å². The van der Waals surface area contributed by atoms with Gasteiger partial charge in [0, 0.05) is 33.1 Å². The Labute approximate surface area is 224 Å². The summed E-state index contributed by atoms with van der Waals surface area (Å²) in [4.78, 5) is 0. The summed E-state index contributed by atoms with van der Waals surface area (Å²) < 4.78 is 7.90. The molecule has 3 nitrogen and oxygen atoms in total. The summed E-state index contributed by atoms with van der Waals surface area (Å²) in [6, 6.07) is 32.7. The van der Waals surface area contributed by atoms with E-state index in [0.29, 0.717) is 0 Å². The first-order chi connectivity index (χ1) is 16.3. The lowest BCUT2D eigenvalue weighted by atomic mass is 9.40. The average Bonchev–Trinajstić information content (AvgIpc) is 2.86. The molecule has 0 atom stereocenters. The zero-order valence-corrected chi connectivity index (χ0v) is 23.4. The topological polar surface area (TPSA) is 9.72 Å². The predicted molar refractivity (Wildman–Crippen MR) is 160 cm³/mol. The largest absolute Gasteiger partial charge is 0.425 e. The number of para-hydroxylation sites is 3. The molecule has 0 amide bonds. The van der Waals surface area contributed by atoms with Gasteiger partial charge in [0.2, 0.25) is 0 Å². The summed E-state index contributed by atoms with van der Waals surface area (Å²) in [5.74, 6) is 0. The number of hydrogen-bond donors (Lipinski definition) is 0. The Hall–Kier alpha value is -1.31. The van der Waals surface area contributed by atoms with E-state index in [9.17, 15) is 0 Å². The Balaban J connectivity index is 1.94. The van der Waals surface area contributed by atoms with Crippen molar-refractivity contribution in [2.75, 3.05) is 30.2 Å². The third-order valence-corrected chi connectivity index (χ3v) is 7.57. The van der Waals surface area contributed by atoms with Crippen molar-refractivity contribution in [3.63, 3.8) is 0 Å². The molecule has 0 N–H and O–H groups in total. The molecule has 0 unspecified atom stereocenters. The van der Waals surface area contributed by atoms with E-state index in [1.165, 1.54) is 17.1 Å². The number of rotatable bonds is 9. The van der Waals surface area contributed by atoms with Gasteiger partial charge in [-0.15, -0.1) is 0 Å². The molecule has 168 valence electrons. The van der Waals surface area contributed by atoms with Gasteiger partial charge in [-0.25, -0.2) is 0 Å². The highest BCUT2D eigenvalue weighted by atomic mass is 79.9. The smallest absolute Gasteiger partial charge is 0.353 e. The lowest BCUT2D eigenvalue weighted by Crippen LogP contribution is -2.79. The van der Waals surface area contributed by atoms with Crippen LogP contribution >= 0.6 is 47.8 Å². The van der Waals surface area contributed by atoms with Gasteiger partial charge in [0.25, 0.3) is 0 Å². The number of alkyl halides is 3. The number of nitrogens with zero attached hydrogens (tertiary/aromatic N) is 3. The normalized spacial score (nSPS) is 14.3. The quantitative estimate of drug-likeness (QED) is 0.184. The fourth-order valence-corrected chi connectivity index (χ4v) is 6.19. The summed E-state index contributed by atoms with van der Waals surface area (Å²) in [5, 5.41) is 2.83. The fourth-order valence-electron chi connectivity index (χ4n) is 4.96. The first-order valence-corrected chi connectivity index (χ1v) is 14.8. The van der Waals surface area contributed by atoms with Crippen molar-refractivity contribution in [2.24, 2.45) is 0 Å². The zero-order chi connectivity index (χ0) is 23.0. The number of benzene rings is 3. The maximum absolute atomic E-state index is 3.78. The highest BCUT2D eigenvalue weighted by molar-refractivity contribution is 9.09. The molecule has 0 bridgehead atoms. The van der Waals surface area contributed by atoms with Gasteiger partial charge in [-0.2, -0.15) is 0 Å². The Morgan fingerprint density at radius 3 is 0.879 bits per heavy atom. The Morgan fingerprint density at radius 2 is 0.667 bits per heavy atom. The fraction of sp³-hybridized carbons (Fsp3) is 0.250. The molecule has 3 aromatic rings. The summed E-state index contributed by atoms with van der Waals surface area (Å²) in [7, 11) is 0. The number of hydrogen-bond acceptors (Lipinski definition) is 3. The van der Waals surface area contributed by atoms with Gasteiger partial charge in [-0.3, -0.25) is 0 Å². The van der Waals surface area contributed by atoms with Crippen LogP contribution in [0.1, 0.15) is 0 Å². The summed E-state index contributed by atoms with van der Waals surface area (Å²) in [6.07, 6.45) is 3.05. The third kappa shape index (κ3) is 5.52. The van der Waals surface area contributed by atoms with Gasteiger partial charge < -0.3 is 14.2 Å². The van der Waals surface area contributed by atoms with Crippen LogP contribution < -0.4 is 14.2 Å². The van der Waals surface area contributed by atoms with Crippen LogP contribution in [0.5, 0.6) is 0 Å². The van der Waals surface area contributed by atoms with Crippen LogP contribution in [0.2, 0.25) is 19.0 Å². The van der Waals surface area contributed by atoms with Crippen molar-refractivity contribution in [3.05, 3.63) is 91.0 Å². The molecular formula is C24H27B3Br3N3. The van der Waals surface area contributed by atoms with Gasteiger partial charge in [0.05, 0.1) is 0 Å².